The largest absolute Gasteiger partial charge is 0.469 e. The van der Waals surface area contributed by atoms with E-state index < -0.39 is 0 Å². The van der Waals surface area contributed by atoms with E-state index in [1.165, 1.54) is 18.1 Å². The van der Waals surface area contributed by atoms with Crippen molar-refractivity contribution in [1.29, 1.82) is 5.26 Å². The first-order chi connectivity index (χ1) is 8.85. The summed E-state index contributed by atoms with van der Waals surface area (Å²) in [6.45, 7) is 0.660. The molecule has 0 saturated carbocycles. The van der Waals surface area contributed by atoms with E-state index in [9.17, 15) is 0 Å². The van der Waals surface area contributed by atoms with E-state index in [0.29, 0.717) is 23.0 Å². The summed E-state index contributed by atoms with van der Waals surface area (Å²) in [5.41, 5.74) is 0.490. The second-order valence-corrected chi connectivity index (χ2v) is 4.27. The first-order valence-corrected chi connectivity index (χ1v) is 6.63. The van der Waals surface area contributed by atoms with E-state index in [0.717, 1.165) is 12.2 Å². The second kappa shape index (κ2) is 6.07. The number of thioether (sulfide) groups is 1. The highest BCUT2D eigenvalue weighted by Gasteiger charge is 2.09. The van der Waals surface area contributed by atoms with Crippen LogP contribution in [0.4, 0.5) is 5.82 Å². The Morgan fingerprint density at radius 3 is 3.06 bits per heavy atom. The molecule has 0 saturated heterocycles. The van der Waals surface area contributed by atoms with Crippen molar-refractivity contribution in [3.05, 3.63) is 36.0 Å². The maximum Gasteiger partial charge on any atom is 0.148 e. The van der Waals surface area contributed by atoms with Gasteiger partial charge < -0.3 is 9.73 Å². The lowest BCUT2D eigenvalue weighted by Crippen LogP contribution is -2.08. The molecule has 2 aromatic heterocycles. The highest BCUT2D eigenvalue weighted by Crippen LogP contribution is 2.21. The van der Waals surface area contributed by atoms with E-state index in [1.54, 1.807) is 6.26 Å². The van der Waals surface area contributed by atoms with Crippen LogP contribution in [0.3, 0.4) is 0 Å². The lowest BCUT2D eigenvalue weighted by molar-refractivity contribution is 0.513. The van der Waals surface area contributed by atoms with Crippen molar-refractivity contribution in [1.82, 2.24) is 9.97 Å². The van der Waals surface area contributed by atoms with Crippen molar-refractivity contribution in [3.8, 4) is 6.07 Å². The summed E-state index contributed by atoms with van der Waals surface area (Å²) in [6, 6.07) is 5.90. The number of nitrogens with one attached hydrogen (secondary N) is 1. The number of hydrogen-bond donors (Lipinski definition) is 1. The molecule has 0 aliphatic carbocycles. The summed E-state index contributed by atoms with van der Waals surface area (Å²) in [5.74, 6) is 1.48. The fourth-order valence-electron chi connectivity index (χ4n) is 1.52. The number of nitriles is 1. The molecular weight excluding hydrogens is 248 g/mol. The minimum atomic E-state index is 0.490. The van der Waals surface area contributed by atoms with Crippen LogP contribution in [0.5, 0.6) is 0 Å². The molecule has 0 fully saturated rings. The Balaban J connectivity index is 2.03. The molecule has 2 rings (SSSR count). The summed E-state index contributed by atoms with van der Waals surface area (Å²) in [5, 5.41) is 12.9. The first-order valence-electron chi connectivity index (χ1n) is 5.40. The van der Waals surface area contributed by atoms with Gasteiger partial charge in [0.1, 0.15) is 34.6 Å². The molecule has 2 heterocycles. The van der Waals surface area contributed by atoms with E-state index in [4.69, 9.17) is 9.68 Å². The number of rotatable bonds is 5. The zero-order valence-corrected chi connectivity index (χ0v) is 10.7. The molecule has 0 aliphatic rings. The van der Waals surface area contributed by atoms with Crippen LogP contribution in [0.2, 0.25) is 0 Å². The van der Waals surface area contributed by atoms with Crippen LogP contribution in [-0.4, -0.2) is 22.8 Å². The quantitative estimate of drug-likeness (QED) is 0.657. The molecule has 0 aromatic carbocycles. The summed E-state index contributed by atoms with van der Waals surface area (Å²) in [7, 11) is 0. The molecule has 0 aliphatic heterocycles. The van der Waals surface area contributed by atoms with Crippen molar-refractivity contribution in [2.75, 3.05) is 18.1 Å². The van der Waals surface area contributed by atoms with E-state index >= 15 is 0 Å². The molecule has 0 spiro atoms. The highest BCUT2D eigenvalue weighted by atomic mass is 32.2. The van der Waals surface area contributed by atoms with E-state index in [1.807, 2.05) is 18.4 Å². The Kier molecular flexibility index (Phi) is 4.20. The number of anilines is 1. The minimum Gasteiger partial charge on any atom is -0.469 e. The fraction of sp³-hybridized carbons (Fsp3) is 0.250. The van der Waals surface area contributed by atoms with Gasteiger partial charge in [0.05, 0.1) is 6.26 Å². The minimum absolute atomic E-state index is 0.490. The zero-order valence-electron chi connectivity index (χ0n) is 9.88. The lowest BCUT2D eigenvalue weighted by Gasteiger charge is -2.07. The van der Waals surface area contributed by atoms with Crippen LogP contribution in [0.1, 0.15) is 11.3 Å². The molecule has 0 amide bonds. The second-order valence-electron chi connectivity index (χ2n) is 3.47. The number of aromatic nitrogens is 2. The monoisotopic (exact) mass is 260 g/mol. The van der Waals surface area contributed by atoms with Crippen molar-refractivity contribution in [2.24, 2.45) is 0 Å². The number of furan rings is 1. The molecule has 1 N–H and O–H groups in total. The molecule has 0 atom stereocenters. The standard InChI is InChI=1S/C12H12N4OS/c1-18-12-10(7-13)11(15-8-16-12)14-5-4-9-3-2-6-17-9/h2-3,6,8H,4-5H2,1H3,(H,14,15,16). The molecule has 0 unspecified atom stereocenters. The molecule has 2 aromatic rings. The summed E-state index contributed by atoms with van der Waals surface area (Å²) in [6.07, 6.45) is 5.74. The summed E-state index contributed by atoms with van der Waals surface area (Å²) in [4.78, 5) is 8.15. The fourth-order valence-corrected chi connectivity index (χ4v) is 2.02. The smallest absolute Gasteiger partial charge is 0.148 e. The Bertz CT molecular complexity index is 548. The highest BCUT2D eigenvalue weighted by molar-refractivity contribution is 7.98. The van der Waals surface area contributed by atoms with Crippen LogP contribution < -0.4 is 5.32 Å². The Labute approximate surface area is 109 Å². The number of nitrogens with zero attached hydrogens (tertiary/aromatic N) is 3. The van der Waals surface area contributed by atoms with Crippen molar-refractivity contribution >= 4 is 17.6 Å². The third-order valence-electron chi connectivity index (χ3n) is 2.36. The van der Waals surface area contributed by atoms with Gasteiger partial charge in [0.25, 0.3) is 0 Å². The molecular formula is C12H12N4OS. The predicted octanol–water partition coefficient (Wildman–Crippen LogP) is 2.32. The van der Waals surface area contributed by atoms with Gasteiger partial charge in [0.15, 0.2) is 0 Å². The van der Waals surface area contributed by atoms with Crippen LogP contribution in [0, 0.1) is 11.3 Å². The Morgan fingerprint density at radius 2 is 2.39 bits per heavy atom. The molecule has 0 radical (unpaired) electrons. The van der Waals surface area contributed by atoms with Gasteiger partial charge >= 0.3 is 0 Å². The SMILES string of the molecule is CSc1ncnc(NCCc2ccco2)c1C#N. The van der Waals surface area contributed by atoms with Crippen LogP contribution >= 0.6 is 11.8 Å². The first kappa shape index (κ1) is 12.5. The molecule has 18 heavy (non-hydrogen) atoms. The molecule has 0 bridgehead atoms. The van der Waals surface area contributed by atoms with Gasteiger partial charge in [0, 0.05) is 13.0 Å². The normalized spacial score (nSPS) is 10.0. The van der Waals surface area contributed by atoms with Gasteiger partial charge in [-0.3, -0.25) is 0 Å². The Hall–Kier alpha value is -2.00. The third kappa shape index (κ3) is 2.81. The van der Waals surface area contributed by atoms with Gasteiger partial charge in [-0.15, -0.1) is 11.8 Å². The van der Waals surface area contributed by atoms with Crippen molar-refractivity contribution in [3.63, 3.8) is 0 Å². The van der Waals surface area contributed by atoms with Gasteiger partial charge in [-0.05, 0) is 18.4 Å². The third-order valence-corrected chi connectivity index (χ3v) is 3.06. The van der Waals surface area contributed by atoms with E-state index in [2.05, 4.69) is 21.4 Å². The van der Waals surface area contributed by atoms with Crippen molar-refractivity contribution in [2.45, 2.75) is 11.4 Å². The van der Waals surface area contributed by atoms with Crippen LogP contribution in [0.15, 0.2) is 34.2 Å². The van der Waals surface area contributed by atoms with Crippen molar-refractivity contribution < 1.29 is 4.42 Å². The molecule has 92 valence electrons. The van der Waals surface area contributed by atoms with E-state index in [-0.39, 0.29) is 0 Å². The van der Waals surface area contributed by atoms with Gasteiger partial charge in [0.2, 0.25) is 0 Å². The average molecular weight is 260 g/mol. The lowest BCUT2D eigenvalue weighted by atomic mass is 10.3. The maximum absolute atomic E-state index is 9.11. The zero-order chi connectivity index (χ0) is 12.8. The van der Waals surface area contributed by atoms with Crippen LogP contribution in [-0.2, 0) is 6.42 Å². The molecule has 6 heteroatoms. The Morgan fingerprint density at radius 1 is 1.50 bits per heavy atom. The van der Waals surface area contributed by atoms with Gasteiger partial charge in [-0.2, -0.15) is 5.26 Å². The van der Waals surface area contributed by atoms with Crippen LogP contribution in [0.25, 0.3) is 0 Å². The predicted molar refractivity (Wildman–Crippen MR) is 69.4 cm³/mol. The van der Waals surface area contributed by atoms with Gasteiger partial charge in [-0.25, -0.2) is 9.97 Å². The summed E-state index contributed by atoms with van der Waals surface area (Å²) < 4.78 is 5.23. The van der Waals surface area contributed by atoms with Gasteiger partial charge in [-0.1, -0.05) is 0 Å². The summed E-state index contributed by atoms with van der Waals surface area (Å²) >= 11 is 1.43. The average Bonchev–Trinajstić information content (AvgIpc) is 2.91. The topological polar surface area (TPSA) is 74.7 Å². The number of hydrogen-bond acceptors (Lipinski definition) is 6. The molecule has 5 nitrogen and oxygen atoms in total. The maximum atomic E-state index is 9.11.